The molecule has 1 amide bonds. The quantitative estimate of drug-likeness (QED) is 0.842. The zero-order chi connectivity index (χ0) is 16.9. The summed E-state index contributed by atoms with van der Waals surface area (Å²) in [4.78, 5) is 30.5. The highest BCUT2D eigenvalue weighted by molar-refractivity contribution is 7.22. The molecule has 6 nitrogen and oxygen atoms in total. The summed E-state index contributed by atoms with van der Waals surface area (Å²) in [5.41, 5.74) is 0.887. The number of likely N-dealkylation sites (tertiary alicyclic amines) is 1. The number of nitrogens with one attached hydrogen (secondary N) is 1. The maximum absolute atomic E-state index is 12.3. The van der Waals surface area contributed by atoms with Gasteiger partial charge in [-0.1, -0.05) is 23.5 Å². The number of nitrogens with zero attached hydrogens (tertiary/aromatic N) is 2. The van der Waals surface area contributed by atoms with Gasteiger partial charge in [-0.15, -0.1) is 0 Å². The number of piperidine rings is 1. The van der Waals surface area contributed by atoms with Crippen LogP contribution in [-0.2, 0) is 14.3 Å². The summed E-state index contributed by atoms with van der Waals surface area (Å²) in [6, 6.07) is 7.79. The summed E-state index contributed by atoms with van der Waals surface area (Å²) in [7, 11) is 0. The molecular weight excluding hydrogens is 326 g/mol. The van der Waals surface area contributed by atoms with E-state index in [0.29, 0.717) is 18.3 Å². The molecule has 1 fully saturated rings. The van der Waals surface area contributed by atoms with Gasteiger partial charge < -0.3 is 10.1 Å². The molecule has 1 aromatic heterocycles. The van der Waals surface area contributed by atoms with Crippen molar-refractivity contribution in [3.8, 4) is 0 Å². The molecule has 128 valence electrons. The van der Waals surface area contributed by atoms with Crippen LogP contribution in [0.3, 0.4) is 0 Å². The van der Waals surface area contributed by atoms with Crippen molar-refractivity contribution in [2.24, 2.45) is 5.92 Å². The number of amides is 1. The largest absolute Gasteiger partial charge is 0.466 e. The minimum atomic E-state index is -0.159. The summed E-state index contributed by atoms with van der Waals surface area (Å²) in [6.45, 7) is 3.87. The molecule has 1 saturated heterocycles. The fraction of sp³-hybridized carbons (Fsp3) is 0.471. The first kappa shape index (κ1) is 16.9. The van der Waals surface area contributed by atoms with Crippen LogP contribution in [0.1, 0.15) is 19.8 Å². The topological polar surface area (TPSA) is 71.5 Å². The molecule has 1 aromatic carbocycles. The number of ether oxygens (including phenoxy) is 1. The summed E-state index contributed by atoms with van der Waals surface area (Å²) in [5, 5.41) is 3.47. The fourth-order valence-corrected chi connectivity index (χ4v) is 3.82. The van der Waals surface area contributed by atoms with Gasteiger partial charge in [0.2, 0.25) is 5.91 Å². The number of thiazole rings is 1. The van der Waals surface area contributed by atoms with Crippen LogP contribution in [0.5, 0.6) is 0 Å². The highest BCUT2D eigenvalue weighted by Gasteiger charge is 2.27. The third-order valence-electron chi connectivity index (χ3n) is 4.03. The van der Waals surface area contributed by atoms with E-state index in [1.165, 1.54) is 11.3 Å². The van der Waals surface area contributed by atoms with E-state index in [1.807, 2.05) is 36.1 Å². The number of hydrogen-bond donors (Lipinski definition) is 1. The molecule has 0 radical (unpaired) electrons. The summed E-state index contributed by atoms with van der Waals surface area (Å²) >= 11 is 1.46. The van der Waals surface area contributed by atoms with Crippen LogP contribution in [0.4, 0.5) is 5.13 Å². The number of anilines is 1. The molecule has 3 rings (SSSR count). The molecule has 0 spiro atoms. The molecule has 0 aliphatic carbocycles. The van der Waals surface area contributed by atoms with Gasteiger partial charge >= 0.3 is 5.97 Å². The van der Waals surface area contributed by atoms with Crippen molar-refractivity contribution in [1.82, 2.24) is 9.88 Å². The first-order chi connectivity index (χ1) is 11.7. The number of rotatable bonds is 5. The average molecular weight is 347 g/mol. The molecule has 0 bridgehead atoms. The molecule has 0 unspecified atom stereocenters. The zero-order valence-electron chi connectivity index (χ0n) is 13.7. The van der Waals surface area contributed by atoms with Crippen molar-refractivity contribution in [3.63, 3.8) is 0 Å². The van der Waals surface area contributed by atoms with Crippen molar-refractivity contribution in [2.45, 2.75) is 19.8 Å². The van der Waals surface area contributed by atoms with Gasteiger partial charge in [0.15, 0.2) is 5.13 Å². The Bertz CT molecular complexity index is 698. The molecule has 24 heavy (non-hydrogen) atoms. The first-order valence-corrected chi connectivity index (χ1v) is 9.01. The Morgan fingerprint density at radius 2 is 2.25 bits per heavy atom. The molecule has 1 N–H and O–H groups in total. The zero-order valence-corrected chi connectivity index (χ0v) is 14.5. The van der Waals surface area contributed by atoms with E-state index in [0.717, 1.165) is 29.6 Å². The minimum Gasteiger partial charge on any atom is -0.466 e. The smallest absolute Gasteiger partial charge is 0.310 e. The Balaban J connectivity index is 1.55. The Morgan fingerprint density at radius 1 is 1.42 bits per heavy atom. The second-order valence-corrected chi connectivity index (χ2v) is 6.89. The Labute approximate surface area is 144 Å². The van der Waals surface area contributed by atoms with Crippen LogP contribution >= 0.6 is 11.3 Å². The van der Waals surface area contributed by atoms with E-state index in [4.69, 9.17) is 4.74 Å². The number of hydrogen-bond acceptors (Lipinski definition) is 6. The van der Waals surface area contributed by atoms with Gasteiger partial charge in [0.1, 0.15) is 0 Å². The first-order valence-electron chi connectivity index (χ1n) is 8.20. The maximum Gasteiger partial charge on any atom is 0.310 e. The van der Waals surface area contributed by atoms with E-state index >= 15 is 0 Å². The second-order valence-electron chi connectivity index (χ2n) is 5.86. The molecule has 7 heteroatoms. The Morgan fingerprint density at radius 3 is 3.04 bits per heavy atom. The van der Waals surface area contributed by atoms with E-state index in [2.05, 4.69) is 10.3 Å². The van der Waals surface area contributed by atoms with Gasteiger partial charge in [-0.2, -0.15) is 0 Å². The molecule has 2 heterocycles. The molecular formula is C17H21N3O3S. The molecule has 1 aliphatic rings. The number of carbonyl (C=O) groups is 2. The number of fused-ring (bicyclic) bond motifs is 1. The van der Waals surface area contributed by atoms with Gasteiger partial charge in [0.05, 0.1) is 29.3 Å². The van der Waals surface area contributed by atoms with Gasteiger partial charge in [-0.05, 0) is 38.4 Å². The highest BCUT2D eigenvalue weighted by Crippen LogP contribution is 2.25. The lowest BCUT2D eigenvalue weighted by atomic mass is 9.98. The van der Waals surface area contributed by atoms with E-state index in [9.17, 15) is 9.59 Å². The second kappa shape index (κ2) is 7.72. The van der Waals surface area contributed by atoms with Crippen LogP contribution in [0.2, 0.25) is 0 Å². The SMILES string of the molecule is CCOC(=O)[C@H]1CCCN(CC(=O)Nc2nc3ccccc3s2)C1. The number of aromatic nitrogens is 1. The van der Waals surface area contributed by atoms with E-state index < -0.39 is 0 Å². The lowest BCUT2D eigenvalue weighted by molar-refractivity contribution is -0.150. The van der Waals surface area contributed by atoms with Crippen LogP contribution in [0.25, 0.3) is 10.2 Å². The third-order valence-corrected chi connectivity index (χ3v) is 4.98. The summed E-state index contributed by atoms with van der Waals surface area (Å²) < 4.78 is 6.14. The Hall–Kier alpha value is -1.99. The number of benzene rings is 1. The third kappa shape index (κ3) is 4.10. The average Bonchev–Trinajstić information content (AvgIpc) is 2.97. The van der Waals surface area contributed by atoms with Gasteiger partial charge in [-0.25, -0.2) is 4.98 Å². The lowest BCUT2D eigenvalue weighted by Crippen LogP contribution is -2.43. The van der Waals surface area contributed by atoms with Gasteiger partial charge in [0, 0.05) is 6.54 Å². The van der Waals surface area contributed by atoms with Crippen LogP contribution in [-0.4, -0.2) is 48.0 Å². The standard InChI is InChI=1S/C17H21N3O3S/c1-2-23-16(22)12-6-5-9-20(10-12)11-15(21)19-17-18-13-7-3-4-8-14(13)24-17/h3-4,7-8,12H,2,5-6,9-11H2,1H3,(H,18,19,21)/t12-/m0/s1. The normalized spacial score (nSPS) is 18.5. The van der Waals surface area contributed by atoms with Crippen molar-refractivity contribution in [1.29, 1.82) is 0 Å². The molecule has 2 aromatic rings. The van der Waals surface area contributed by atoms with Gasteiger partial charge in [0.25, 0.3) is 0 Å². The predicted molar refractivity (Wildman–Crippen MR) is 94.0 cm³/mol. The van der Waals surface area contributed by atoms with E-state index in [1.54, 1.807) is 0 Å². The van der Waals surface area contributed by atoms with Gasteiger partial charge in [-0.3, -0.25) is 14.5 Å². The number of esters is 1. The van der Waals surface area contributed by atoms with Crippen molar-refractivity contribution >= 4 is 38.6 Å². The van der Waals surface area contributed by atoms with Crippen LogP contribution in [0, 0.1) is 5.92 Å². The lowest BCUT2D eigenvalue weighted by Gasteiger charge is -2.30. The maximum atomic E-state index is 12.3. The van der Waals surface area contributed by atoms with Crippen molar-refractivity contribution in [3.05, 3.63) is 24.3 Å². The minimum absolute atomic E-state index is 0.0986. The van der Waals surface area contributed by atoms with Crippen LogP contribution < -0.4 is 5.32 Å². The van der Waals surface area contributed by atoms with Crippen molar-refractivity contribution in [2.75, 3.05) is 31.6 Å². The molecule has 1 atom stereocenters. The molecule has 0 saturated carbocycles. The highest BCUT2D eigenvalue weighted by atomic mass is 32.1. The van der Waals surface area contributed by atoms with Crippen molar-refractivity contribution < 1.29 is 14.3 Å². The van der Waals surface area contributed by atoms with Crippen LogP contribution in [0.15, 0.2) is 24.3 Å². The fourth-order valence-electron chi connectivity index (χ4n) is 2.94. The Kier molecular flexibility index (Phi) is 5.42. The monoisotopic (exact) mass is 347 g/mol. The molecule has 1 aliphatic heterocycles. The van der Waals surface area contributed by atoms with E-state index in [-0.39, 0.29) is 24.3 Å². The number of carbonyl (C=O) groups excluding carboxylic acids is 2. The predicted octanol–water partition coefficient (Wildman–Crippen LogP) is 2.51. The summed E-state index contributed by atoms with van der Waals surface area (Å²) in [6.07, 6.45) is 1.73. The summed E-state index contributed by atoms with van der Waals surface area (Å²) in [5.74, 6) is -0.388. The number of para-hydroxylation sites is 1.